The van der Waals surface area contributed by atoms with Gasteiger partial charge >= 0.3 is 0 Å². The molecule has 24 heavy (non-hydrogen) atoms. The lowest BCUT2D eigenvalue weighted by Gasteiger charge is -2.25. The Morgan fingerprint density at radius 2 is 2.04 bits per heavy atom. The van der Waals surface area contributed by atoms with Gasteiger partial charge in [-0.15, -0.1) is 0 Å². The topological polar surface area (TPSA) is 63.9 Å². The SMILES string of the molecule is Cc1nc(-c2ccnn2C)cc([C@@H]2CCN(C(=O)C(C)(C)C)C2)n1. The summed E-state index contributed by atoms with van der Waals surface area (Å²) in [4.78, 5) is 23.6. The highest BCUT2D eigenvalue weighted by molar-refractivity contribution is 5.81. The van der Waals surface area contributed by atoms with E-state index in [1.54, 1.807) is 6.20 Å². The first kappa shape index (κ1) is 16.6. The Balaban J connectivity index is 1.85. The van der Waals surface area contributed by atoms with E-state index in [4.69, 9.17) is 0 Å². The molecular weight excluding hydrogens is 302 g/mol. The minimum atomic E-state index is -0.337. The van der Waals surface area contributed by atoms with E-state index in [1.807, 2.05) is 56.5 Å². The van der Waals surface area contributed by atoms with Crippen LogP contribution in [0.4, 0.5) is 0 Å². The molecule has 3 heterocycles. The van der Waals surface area contributed by atoms with Gasteiger partial charge in [-0.3, -0.25) is 9.48 Å². The fourth-order valence-electron chi connectivity index (χ4n) is 3.22. The van der Waals surface area contributed by atoms with Crippen molar-refractivity contribution in [3.05, 3.63) is 29.8 Å². The second-order valence-corrected chi connectivity index (χ2v) is 7.55. The summed E-state index contributed by atoms with van der Waals surface area (Å²) in [7, 11) is 1.91. The molecule has 1 aliphatic rings. The van der Waals surface area contributed by atoms with Gasteiger partial charge in [-0.25, -0.2) is 9.97 Å². The van der Waals surface area contributed by atoms with E-state index >= 15 is 0 Å². The molecule has 128 valence electrons. The van der Waals surface area contributed by atoms with Gasteiger partial charge in [0, 0.05) is 43.4 Å². The van der Waals surface area contributed by atoms with Gasteiger partial charge in [0.2, 0.25) is 5.91 Å². The van der Waals surface area contributed by atoms with Gasteiger partial charge in [0.25, 0.3) is 0 Å². The van der Waals surface area contributed by atoms with Crippen LogP contribution in [0, 0.1) is 12.3 Å². The number of likely N-dealkylation sites (tertiary alicyclic amines) is 1. The van der Waals surface area contributed by atoms with E-state index in [-0.39, 0.29) is 17.2 Å². The predicted octanol–water partition coefficient (Wildman–Crippen LogP) is 2.55. The van der Waals surface area contributed by atoms with Crippen LogP contribution in [-0.4, -0.2) is 43.6 Å². The summed E-state index contributed by atoms with van der Waals surface area (Å²) >= 11 is 0. The van der Waals surface area contributed by atoms with Crippen molar-refractivity contribution in [1.29, 1.82) is 0 Å². The van der Waals surface area contributed by atoms with Crippen molar-refractivity contribution >= 4 is 5.91 Å². The normalized spacial score (nSPS) is 18.2. The second-order valence-electron chi connectivity index (χ2n) is 7.55. The predicted molar refractivity (Wildman–Crippen MR) is 92.4 cm³/mol. The Labute approximate surface area is 142 Å². The van der Waals surface area contributed by atoms with Crippen LogP contribution in [-0.2, 0) is 11.8 Å². The van der Waals surface area contributed by atoms with Gasteiger partial charge in [0.05, 0.1) is 11.4 Å². The van der Waals surface area contributed by atoms with Crippen molar-refractivity contribution in [3.63, 3.8) is 0 Å². The van der Waals surface area contributed by atoms with E-state index in [0.717, 1.165) is 42.4 Å². The van der Waals surface area contributed by atoms with Crippen LogP contribution in [0.25, 0.3) is 11.4 Å². The molecule has 1 saturated heterocycles. The molecule has 0 spiro atoms. The van der Waals surface area contributed by atoms with E-state index in [9.17, 15) is 4.79 Å². The van der Waals surface area contributed by atoms with Gasteiger partial charge in [-0.1, -0.05) is 20.8 Å². The lowest BCUT2D eigenvalue weighted by atomic mass is 9.95. The zero-order valence-corrected chi connectivity index (χ0v) is 15.1. The largest absolute Gasteiger partial charge is 0.342 e. The van der Waals surface area contributed by atoms with Crippen LogP contribution in [0.5, 0.6) is 0 Å². The van der Waals surface area contributed by atoms with Crippen LogP contribution in [0.3, 0.4) is 0 Å². The highest BCUT2D eigenvalue weighted by Crippen LogP contribution is 2.31. The van der Waals surface area contributed by atoms with Crippen molar-refractivity contribution in [3.8, 4) is 11.4 Å². The second kappa shape index (κ2) is 6.00. The lowest BCUT2D eigenvalue weighted by Crippen LogP contribution is -2.37. The van der Waals surface area contributed by atoms with Crippen molar-refractivity contribution in [2.75, 3.05) is 13.1 Å². The molecule has 1 fully saturated rings. The quantitative estimate of drug-likeness (QED) is 0.850. The minimum Gasteiger partial charge on any atom is -0.342 e. The molecule has 0 aromatic carbocycles. The molecule has 1 aliphatic heterocycles. The Morgan fingerprint density at radius 3 is 2.67 bits per heavy atom. The first-order chi connectivity index (χ1) is 11.3. The maximum atomic E-state index is 12.5. The molecule has 0 unspecified atom stereocenters. The highest BCUT2D eigenvalue weighted by Gasteiger charge is 2.34. The van der Waals surface area contributed by atoms with E-state index in [1.165, 1.54) is 0 Å². The number of carbonyl (C=O) groups excluding carboxylic acids is 1. The number of hydrogen-bond donors (Lipinski definition) is 0. The fraction of sp³-hybridized carbons (Fsp3) is 0.556. The molecule has 6 heteroatoms. The number of hydrogen-bond acceptors (Lipinski definition) is 4. The maximum Gasteiger partial charge on any atom is 0.227 e. The standard InChI is InChI=1S/C18H25N5O/c1-12-20-14(10-15(21-12)16-6-8-19-22(16)5)13-7-9-23(11-13)17(24)18(2,3)4/h6,8,10,13H,7,9,11H2,1-5H3/t13-/m1/s1. The molecular formula is C18H25N5O. The molecule has 0 saturated carbocycles. The monoisotopic (exact) mass is 327 g/mol. The van der Waals surface area contributed by atoms with Gasteiger partial charge in [0.1, 0.15) is 5.82 Å². The zero-order valence-electron chi connectivity index (χ0n) is 15.1. The van der Waals surface area contributed by atoms with Crippen LogP contribution in [0.2, 0.25) is 0 Å². The number of carbonyl (C=O) groups is 1. The Morgan fingerprint density at radius 1 is 1.29 bits per heavy atom. The van der Waals surface area contributed by atoms with Crippen LogP contribution in [0.1, 0.15) is 44.6 Å². The third-order valence-electron chi connectivity index (χ3n) is 4.48. The molecule has 0 radical (unpaired) electrons. The van der Waals surface area contributed by atoms with Gasteiger partial charge in [0.15, 0.2) is 0 Å². The molecule has 0 N–H and O–H groups in total. The average Bonchev–Trinajstić information content (AvgIpc) is 3.13. The van der Waals surface area contributed by atoms with Crippen molar-refractivity contribution in [2.24, 2.45) is 12.5 Å². The summed E-state index contributed by atoms with van der Waals surface area (Å²) < 4.78 is 1.82. The van der Waals surface area contributed by atoms with Crippen molar-refractivity contribution in [2.45, 2.75) is 40.0 Å². The summed E-state index contributed by atoms with van der Waals surface area (Å²) in [5, 5.41) is 4.22. The fourth-order valence-corrected chi connectivity index (χ4v) is 3.22. The highest BCUT2D eigenvalue weighted by atomic mass is 16.2. The third-order valence-corrected chi connectivity index (χ3v) is 4.48. The van der Waals surface area contributed by atoms with Crippen molar-refractivity contribution in [1.82, 2.24) is 24.6 Å². The molecule has 3 rings (SSSR count). The summed E-state index contributed by atoms with van der Waals surface area (Å²) in [6, 6.07) is 4.00. The molecule has 6 nitrogen and oxygen atoms in total. The first-order valence-electron chi connectivity index (χ1n) is 8.39. The number of nitrogens with zero attached hydrogens (tertiary/aromatic N) is 5. The Kier molecular flexibility index (Phi) is 4.15. The number of aromatic nitrogens is 4. The number of amides is 1. The summed E-state index contributed by atoms with van der Waals surface area (Å²) in [6.07, 6.45) is 2.72. The lowest BCUT2D eigenvalue weighted by molar-refractivity contribution is -0.138. The average molecular weight is 327 g/mol. The van der Waals surface area contributed by atoms with Gasteiger partial charge < -0.3 is 4.90 Å². The Bertz CT molecular complexity index is 759. The molecule has 1 amide bonds. The molecule has 2 aromatic rings. The summed E-state index contributed by atoms with van der Waals surface area (Å²) in [5.41, 5.74) is 2.54. The molecule has 2 aromatic heterocycles. The number of rotatable bonds is 2. The minimum absolute atomic E-state index is 0.211. The summed E-state index contributed by atoms with van der Waals surface area (Å²) in [6.45, 7) is 9.35. The smallest absolute Gasteiger partial charge is 0.227 e. The number of aryl methyl sites for hydroxylation is 2. The maximum absolute atomic E-state index is 12.5. The van der Waals surface area contributed by atoms with Crippen LogP contribution in [0.15, 0.2) is 18.3 Å². The third kappa shape index (κ3) is 3.18. The Hall–Kier alpha value is -2.24. The van der Waals surface area contributed by atoms with E-state index in [2.05, 4.69) is 15.1 Å². The van der Waals surface area contributed by atoms with Gasteiger partial charge in [-0.2, -0.15) is 5.10 Å². The van der Waals surface area contributed by atoms with Crippen molar-refractivity contribution < 1.29 is 4.79 Å². The molecule has 1 atom stereocenters. The summed E-state index contributed by atoms with van der Waals surface area (Å²) in [5.74, 6) is 1.23. The molecule has 0 aliphatic carbocycles. The van der Waals surface area contributed by atoms with Crippen LogP contribution >= 0.6 is 0 Å². The first-order valence-corrected chi connectivity index (χ1v) is 8.39. The van der Waals surface area contributed by atoms with E-state index < -0.39 is 0 Å². The van der Waals surface area contributed by atoms with Gasteiger partial charge in [-0.05, 0) is 25.5 Å². The van der Waals surface area contributed by atoms with E-state index in [0.29, 0.717) is 0 Å². The molecule has 0 bridgehead atoms. The zero-order chi connectivity index (χ0) is 17.5. The van der Waals surface area contributed by atoms with Crippen LogP contribution < -0.4 is 0 Å².